The molecule has 1 aliphatic carbocycles. The van der Waals surface area contributed by atoms with Gasteiger partial charge < -0.3 is 5.73 Å². The minimum absolute atomic E-state index is 0.188. The Hall–Kier alpha value is -3.35. The summed E-state index contributed by atoms with van der Waals surface area (Å²) in [5.41, 5.74) is 8.34. The molecule has 0 saturated heterocycles. The summed E-state index contributed by atoms with van der Waals surface area (Å²) in [6.45, 7) is 5.99. The Balaban J connectivity index is 1.69. The molecule has 142 valence electrons. The highest BCUT2D eigenvalue weighted by atomic mass is 19.1. The van der Waals surface area contributed by atoms with Gasteiger partial charge in [-0.1, -0.05) is 25.1 Å². The van der Waals surface area contributed by atoms with Crippen molar-refractivity contribution in [2.24, 2.45) is 11.0 Å². The van der Waals surface area contributed by atoms with Crippen molar-refractivity contribution < 1.29 is 4.39 Å². The summed E-state index contributed by atoms with van der Waals surface area (Å²) in [7, 11) is 0. The van der Waals surface area contributed by atoms with Gasteiger partial charge in [0.15, 0.2) is 11.6 Å². The SMILES string of the molecule is C=NN(Cc1ccccc1F)c1ncccc1-c1ncc(C2CC2C)c(N)n1. The van der Waals surface area contributed by atoms with E-state index in [1.165, 1.54) is 11.1 Å². The van der Waals surface area contributed by atoms with Crippen LogP contribution in [-0.2, 0) is 6.54 Å². The quantitative estimate of drug-likeness (QED) is 0.519. The van der Waals surface area contributed by atoms with E-state index < -0.39 is 0 Å². The second-order valence-corrected chi connectivity index (χ2v) is 7.02. The van der Waals surface area contributed by atoms with E-state index in [0.717, 1.165) is 12.0 Å². The van der Waals surface area contributed by atoms with E-state index in [1.54, 1.807) is 36.7 Å². The van der Waals surface area contributed by atoms with E-state index in [1.807, 2.05) is 6.07 Å². The number of hydrogen-bond donors (Lipinski definition) is 1. The van der Waals surface area contributed by atoms with Crippen LogP contribution < -0.4 is 10.7 Å². The van der Waals surface area contributed by atoms with Gasteiger partial charge in [0, 0.05) is 30.2 Å². The van der Waals surface area contributed by atoms with Crippen LogP contribution in [0.5, 0.6) is 0 Å². The van der Waals surface area contributed by atoms with Crippen molar-refractivity contribution in [1.29, 1.82) is 0 Å². The Morgan fingerprint density at radius 1 is 1.25 bits per heavy atom. The molecule has 28 heavy (non-hydrogen) atoms. The maximum Gasteiger partial charge on any atom is 0.165 e. The predicted molar refractivity (Wildman–Crippen MR) is 108 cm³/mol. The molecule has 0 aliphatic heterocycles. The fourth-order valence-corrected chi connectivity index (χ4v) is 3.33. The second-order valence-electron chi connectivity index (χ2n) is 7.02. The van der Waals surface area contributed by atoms with Crippen LogP contribution in [0.25, 0.3) is 11.4 Å². The number of halogens is 1. The van der Waals surface area contributed by atoms with Crippen LogP contribution in [0.4, 0.5) is 16.0 Å². The number of benzene rings is 1. The molecule has 0 amide bonds. The average Bonchev–Trinajstić information content (AvgIpc) is 3.43. The zero-order chi connectivity index (χ0) is 19.7. The molecule has 6 nitrogen and oxygen atoms in total. The molecule has 2 aromatic heterocycles. The Morgan fingerprint density at radius 2 is 2.04 bits per heavy atom. The number of aromatic nitrogens is 3. The van der Waals surface area contributed by atoms with E-state index in [4.69, 9.17) is 5.73 Å². The zero-order valence-corrected chi connectivity index (χ0v) is 15.6. The van der Waals surface area contributed by atoms with Gasteiger partial charge in [-0.3, -0.25) is 0 Å². The van der Waals surface area contributed by atoms with Crippen molar-refractivity contribution in [2.75, 3.05) is 10.7 Å². The highest BCUT2D eigenvalue weighted by Gasteiger charge is 2.36. The first-order valence-corrected chi connectivity index (χ1v) is 9.14. The highest BCUT2D eigenvalue weighted by molar-refractivity contribution is 5.72. The molecule has 3 aromatic rings. The van der Waals surface area contributed by atoms with Crippen LogP contribution in [0.15, 0.2) is 53.9 Å². The van der Waals surface area contributed by atoms with Gasteiger partial charge in [-0.05, 0) is 36.5 Å². The number of anilines is 2. The molecule has 1 saturated carbocycles. The van der Waals surface area contributed by atoms with Gasteiger partial charge in [0.2, 0.25) is 0 Å². The molecule has 0 radical (unpaired) electrons. The molecule has 7 heteroatoms. The number of pyridine rings is 1. The number of nitrogen functional groups attached to an aromatic ring is 1. The molecule has 1 aliphatic rings. The summed E-state index contributed by atoms with van der Waals surface area (Å²) < 4.78 is 14.1. The van der Waals surface area contributed by atoms with Gasteiger partial charge in [0.05, 0.1) is 12.1 Å². The fourth-order valence-electron chi connectivity index (χ4n) is 3.33. The zero-order valence-electron chi connectivity index (χ0n) is 15.6. The lowest BCUT2D eigenvalue weighted by atomic mass is 10.1. The summed E-state index contributed by atoms with van der Waals surface area (Å²) in [5.74, 6) is 2.19. The summed E-state index contributed by atoms with van der Waals surface area (Å²) in [4.78, 5) is 13.4. The monoisotopic (exact) mass is 376 g/mol. The van der Waals surface area contributed by atoms with Gasteiger partial charge in [-0.15, -0.1) is 0 Å². The third kappa shape index (κ3) is 3.43. The minimum atomic E-state index is -0.308. The van der Waals surface area contributed by atoms with E-state index in [2.05, 4.69) is 33.7 Å². The van der Waals surface area contributed by atoms with Crippen LogP contribution in [0, 0.1) is 11.7 Å². The Labute approximate surface area is 163 Å². The molecule has 2 unspecified atom stereocenters. The molecular weight excluding hydrogens is 355 g/mol. The van der Waals surface area contributed by atoms with Crippen molar-refractivity contribution in [1.82, 2.24) is 15.0 Å². The number of nitrogens with zero attached hydrogens (tertiary/aromatic N) is 5. The Kier molecular flexibility index (Phi) is 4.73. The molecule has 0 bridgehead atoms. The van der Waals surface area contributed by atoms with Gasteiger partial charge >= 0.3 is 0 Å². The van der Waals surface area contributed by atoms with Crippen LogP contribution in [0.3, 0.4) is 0 Å². The largest absolute Gasteiger partial charge is 0.383 e. The average molecular weight is 376 g/mol. The lowest BCUT2D eigenvalue weighted by Gasteiger charge is -2.20. The van der Waals surface area contributed by atoms with Crippen LogP contribution in [-0.4, -0.2) is 21.7 Å². The van der Waals surface area contributed by atoms with E-state index >= 15 is 0 Å². The molecule has 2 atom stereocenters. The smallest absolute Gasteiger partial charge is 0.165 e. The number of hydrogen-bond acceptors (Lipinski definition) is 6. The maximum atomic E-state index is 14.1. The molecular formula is C21H21FN6. The summed E-state index contributed by atoms with van der Waals surface area (Å²) in [6, 6.07) is 10.2. The Morgan fingerprint density at radius 3 is 2.71 bits per heavy atom. The topological polar surface area (TPSA) is 80.3 Å². The van der Waals surface area contributed by atoms with Crippen molar-refractivity contribution in [3.63, 3.8) is 0 Å². The van der Waals surface area contributed by atoms with Crippen molar-refractivity contribution in [3.8, 4) is 11.4 Å². The van der Waals surface area contributed by atoms with Crippen LogP contribution in [0.1, 0.15) is 30.4 Å². The first-order valence-electron chi connectivity index (χ1n) is 9.14. The molecule has 1 aromatic carbocycles. The normalized spacial score (nSPS) is 17.9. The number of rotatable bonds is 6. The predicted octanol–water partition coefficient (Wildman–Crippen LogP) is 4.01. The summed E-state index contributed by atoms with van der Waals surface area (Å²) in [5, 5.41) is 5.57. The summed E-state index contributed by atoms with van der Waals surface area (Å²) in [6.07, 6.45) is 4.55. The standard InChI is InChI=1S/C21H21FN6/c1-13-10-16(13)17-11-26-20(27-19(17)23)15-7-5-9-25-21(15)28(24-2)12-14-6-3-4-8-18(14)22/h3-9,11,13,16H,2,10,12H2,1H3,(H2,23,26,27). The van der Waals surface area contributed by atoms with Gasteiger partial charge in [0.1, 0.15) is 11.6 Å². The first-order chi connectivity index (χ1) is 13.6. The fraction of sp³-hybridized carbons (Fsp3) is 0.238. The van der Waals surface area contributed by atoms with Gasteiger partial charge in [0.25, 0.3) is 0 Å². The Bertz CT molecular complexity index is 1020. The minimum Gasteiger partial charge on any atom is -0.383 e. The lowest BCUT2D eigenvalue weighted by molar-refractivity contribution is 0.605. The molecule has 2 N–H and O–H groups in total. The van der Waals surface area contributed by atoms with Crippen molar-refractivity contribution in [2.45, 2.75) is 25.8 Å². The maximum absolute atomic E-state index is 14.1. The summed E-state index contributed by atoms with van der Waals surface area (Å²) >= 11 is 0. The molecule has 1 fully saturated rings. The third-order valence-corrected chi connectivity index (χ3v) is 5.08. The number of hydrazone groups is 1. The second kappa shape index (κ2) is 7.34. The third-order valence-electron chi connectivity index (χ3n) is 5.08. The number of nitrogens with two attached hydrogens (primary N) is 1. The van der Waals surface area contributed by atoms with Gasteiger partial charge in [-0.2, -0.15) is 5.10 Å². The van der Waals surface area contributed by atoms with Gasteiger partial charge in [-0.25, -0.2) is 24.4 Å². The van der Waals surface area contributed by atoms with E-state index in [0.29, 0.717) is 40.4 Å². The molecule has 4 rings (SSSR count). The lowest BCUT2D eigenvalue weighted by Crippen LogP contribution is -2.18. The van der Waals surface area contributed by atoms with E-state index in [9.17, 15) is 4.39 Å². The highest BCUT2D eigenvalue weighted by Crippen LogP contribution is 2.48. The first kappa shape index (κ1) is 18.0. The van der Waals surface area contributed by atoms with Crippen LogP contribution in [0.2, 0.25) is 0 Å². The van der Waals surface area contributed by atoms with Crippen molar-refractivity contribution >= 4 is 18.4 Å². The van der Waals surface area contributed by atoms with E-state index in [-0.39, 0.29) is 12.4 Å². The molecule has 0 spiro atoms. The molecule has 2 heterocycles. The van der Waals surface area contributed by atoms with Crippen LogP contribution >= 0.6 is 0 Å². The van der Waals surface area contributed by atoms with Crippen molar-refractivity contribution in [3.05, 3.63) is 65.7 Å².